The number of halogens is 1. The quantitative estimate of drug-likeness (QED) is 0.650. The summed E-state index contributed by atoms with van der Waals surface area (Å²) in [5, 5.41) is 3.82. The molecule has 0 aromatic carbocycles. The van der Waals surface area contributed by atoms with E-state index in [2.05, 4.69) is 55.0 Å². The molecule has 1 saturated carbocycles. The zero-order valence-electron chi connectivity index (χ0n) is 13.3. The lowest BCUT2D eigenvalue weighted by Crippen LogP contribution is -2.37. The smallest absolute Gasteiger partial charge is 0.0483 e. The van der Waals surface area contributed by atoms with Crippen molar-refractivity contribution < 1.29 is 0 Å². The minimum absolute atomic E-state index is 0.462. The van der Waals surface area contributed by atoms with Gasteiger partial charge in [0, 0.05) is 20.3 Å². The highest BCUT2D eigenvalue weighted by atomic mass is 79.9. The van der Waals surface area contributed by atoms with Gasteiger partial charge >= 0.3 is 0 Å². The van der Waals surface area contributed by atoms with Crippen LogP contribution in [-0.2, 0) is 0 Å². The van der Waals surface area contributed by atoms with Gasteiger partial charge in [-0.1, -0.05) is 33.6 Å². The van der Waals surface area contributed by atoms with Crippen LogP contribution >= 0.6 is 27.3 Å². The fourth-order valence-electron chi connectivity index (χ4n) is 3.99. The number of hydrogen-bond donors (Lipinski definition) is 1. The van der Waals surface area contributed by atoms with E-state index in [0.717, 1.165) is 12.5 Å². The van der Waals surface area contributed by atoms with Gasteiger partial charge in [-0.05, 0) is 66.1 Å². The van der Waals surface area contributed by atoms with E-state index in [1.807, 2.05) is 11.3 Å². The van der Waals surface area contributed by atoms with E-state index < -0.39 is 0 Å². The Hall–Kier alpha value is 0.140. The van der Waals surface area contributed by atoms with E-state index in [-0.39, 0.29) is 0 Å². The van der Waals surface area contributed by atoms with Crippen LogP contribution in [0, 0.1) is 18.3 Å². The van der Waals surface area contributed by atoms with Crippen LogP contribution in [0.5, 0.6) is 0 Å². The van der Waals surface area contributed by atoms with E-state index in [1.165, 1.54) is 46.3 Å². The van der Waals surface area contributed by atoms with Crippen molar-refractivity contribution in [2.75, 3.05) is 6.54 Å². The van der Waals surface area contributed by atoms with Crippen LogP contribution in [0.25, 0.3) is 0 Å². The van der Waals surface area contributed by atoms with Crippen molar-refractivity contribution in [3.8, 4) is 0 Å². The zero-order valence-corrected chi connectivity index (χ0v) is 15.7. The minimum atomic E-state index is 0.462. The lowest BCUT2D eigenvalue weighted by atomic mass is 9.72. The molecule has 1 nitrogen and oxygen atoms in total. The number of nitrogens with one attached hydrogen (secondary N) is 1. The number of rotatable bonds is 6. The minimum Gasteiger partial charge on any atom is -0.309 e. The van der Waals surface area contributed by atoms with E-state index in [0.29, 0.717) is 11.5 Å². The van der Waals surface area contributed by atoms with Crippen molar-refractivity contribution in [3.63, 3.8) is 0 Å². The van der Waals surface area contributed by atoms with Crippen molar-refractivity contribution in [1.29, 1.82) is 0 Å². The van der Waals surface area contributed by atoms with Crippen LogP contribution in [0.15, 0.2) is 10.5 Å². The largest absolute Gasteiger partial charge is 0.309 e. The molecule has 1 aliphatic rings. The van der Waals surface area contributed by atoms with Crippen LogP contribution in [0.4, 0.5) is 0 Å². The highest BCUT2D eigenvalue weighted by molar-refractivity contribution is 9.10. The van der Waals surface area contributed by atoms with Crippen LogP contribution in [0.1, 0.15) is 68.7 Å². The molecule has 0 amide bonds. The van der Waals surface area contributed by atoms with Crippen molar-refractivity contribution >= 4 is 27.3 Å². The van der Waals surface area contributed by atoms with Crippen molar-refractivity contribution in [2.24, 2.45) is 11.3 Å². The van der Waals surface area contributed by atoms with Gasteiger partial charge in [-0.15, -0.1) is 11.3 Å². The van der Waals surface area contributed by atoms with Crippen LogP contribution in [-0.4, -0.2) is 6.54 Å². The van der Waals surface area contributed by atoms with Gasteiger partial charge in [0.2, 0.25) is 0 Å². The predicted molar refractivity (Wildman–Crippen MR) is 93.5 cm³/mol. The van der Waals surface area contributed by atoms with Crippen molar-refractivity contribution in [3.05, 3.63) is 20.3 Å². The summed E-state index contributed by atoms with van der Waals surface area (Å²) in [7, 11) is 0. The predicted octanol–water partition coefficient (Wildman–Crippen LogP) is 6.08. The topological polar surface area (TPSA) is 12.0 Å². The molecule has 20 heavy (non-hydrogen) atoms. The van der Waals surface area contributed by atoms with Gasteiger partial charge in [0.1, 0.15) is 0 Å². The highest BCUT2D eigenvalue weighted by Crippen LogP contribution is 2.53. The second kappa shape index (κ2) is 6.93. The van der Waals surface area contributed by atoms with Gasteiger partial charge < -0.3 is 5.32 Å². The van der Waals surface area contributed by atoms with Gasteiger partial charge in [-0.25, -0.2) is 0 Å². The first-order valence-corrected chi connectivity index (χ1v) is 9.58. The molecule has 1 fully saturated rings. The first-order chi connectivity index (χ1) is 9.48. The van der Waals surface area contributed by atoms with E-state index >= 15 is 0 Å². The van der Waals surface area contributed by atoms with E-state index in [1.54, 1.807) is 0 Å². The molecule has 0 spiro atoms. The normalized spacial score (nSPS) is 19.7. The lowest BCUT2D eigenvalue weighted by Gasteiger charge is -2.39. The maximum Gasteiger partial charge on any atom is 0.0483 e. The number of thiophene rings is 1. The Labute approximate surface area is 136 Å². The van der Waals surface area contributed by atoms with Gasteiger partial charge in [0.05, 0.1) is 0 Å². The maximum atomic E-state index is 3.82. The summed E-state index contributed by atoms with van der Waals surface area (Å²) < 4.78 is 1.31. The molecule has 2 rings (SSSR count). The monoisotopic (exact) mass is 357 g/mol. The lowest BCUT2D eigenvalue weighted by molar-refractivity contribution is 0.159. The molecule has 1 aromatic rings. The molecular formula is C17H28BrNS. The average molecular weight is 358 g/mol. The molecule has 1 N–H and O–H groups in total. The third kappa shape index (κ3) is 3.48. The first-order valence-electron chi connectivity index (χ1n) is 7.97. The van der Waals surface area contributed by atoms with Crippen LogP contribution < -0.4 is 5.32 Å². The second-order valence-electron chi connectivity index (χ2n) is 6.73. The Morgan fingerprint density at radius 3 is 2.45 bits per heavy atom. The molecule has 1 unspecified atom stereocenters. The molecule has 114 valence electrons. The van der Waals surface area contributed by atoms with Gasteiger partial charge in [0.25, 0.3) is 0 Å². The summed E-state index contributed by atoms with van der Waals surface area (Å²) in [6, 6.07) is 2.80. The molecule has 3 heteroatoms. The molecule has 1 atom stereocenters. The SMILES string of the molecule is CCNC(c1sc(C)cc1Br)C1(CC(C)C)CCCC1. The Balaban J connectivity index is 2.36. The standard InChI is InChI=1S/C17H28BrNS/c1-5-19-16(15-14(18)10-13(4)20-15)17(11-12(2)3)8-6-7-9-17/h10,12,16,19H,5-9,11H2,1-4H3. The zero-order chi connectivity index (χ0) is 14.8. The Kier molecular flexibility index (Phi) is 5.72. The Morgan fingerprint density at radius 1 is 1.35 bits per heavy atom. The molecule has 1 heterocycles. The Morgan fingerprint density at radius 2 is 2.00 bits per heavy atom. The summed E-state index contributed by atoms with van der Waals surface area (Å²) in [5.74, 6) is 0.772. The van der Waals surface area contributed by atoms with Gasteiger partial charge in [-0.2, -0.15) is 0 Å². The average Bonchev–Trinajstić information content (AvgIpc) is 2.93. The summed E-state index contributed by atoms with van der Waals surface area (Å²) in [6.07, 6.45) is 6.90. The first kappa shape index (κ1) is 16.5. The molecule has 0 bridgehead atoms. The van der Waals surface area contributed by atoms with E-state index in [4.69, 9.17) is 0 Å². The van der Waals surface area contributed by atoms with Crippen LogP contribution in [0.3, 0.4) is 0 Å². The Bertz CT molecular complexity index is 432. The van der Waals surface area contributed by atoms with E-state index in [9.17, 15) is 0 Å². The molecule has 1 aromatic heterocycles. The second-order valence-corrected chi connectivity index (χ2v) is 8.87. The maximum absolute atomic E-state index is 3.82. The number of aryl methyl sites for hydroxylation is 1. The number of hydrogen-bond acceptors (Lipinski definition) is 2. The summed E-state index contributed by atoms with van der Waals surface area (Å²) in [6.45, 7) is 10.2. The van der Waals surface area contributed by atoms with Gasteiger partial charge in [0.15, 0.2) is 0 Å². The summed E-state index contributed by atoms with van der Waals surface area (Å²) >= 11 is 5.76. The highest BCUT2D eigenvalue weighted by Gasteiger charge is 2.43. The van der Waals surface area contributed by atoms with Gasteiger partial charge in [-0.3, -0.25) is 0 Å². The summed E-state index contributed by atoms with van der Waals surface area (Å²) in [5.41, 5.74) is 0.462. The molecule has 0 aliphatic heterocycles. The van der Waals surface area contributed by atoms with Crippen molar-refractivity contribution in [1.82, 2.24) is 5.32 Å². The summed E-state index contributed by atoms with van der Waals surface area (Å²) in [4.78, 5) is 2.93. The fraction of sp³-hybridized carbons (Fsp3) is 0.765. The molecule has 1 aliphatic carbocycles. The fourth-order valence-corrected chi connectivity index (χ4v) is 6.09. The molecular weight excluding hydrogens is 330 g/mol. The third-order valence-corrected chi connectivity index (χ3v) is 6.57. The van der Waals surface area contributed by atoms with Crippen LogP contribution in [0.2, 0.25) is 0 Å². The third-order valence-electron chi connectivity index (χ3n) is 4.53. The van der Waals surface area contributed by atoms with Crippen molar-refractivity contribution in [2.45, 2.75) is 65.8 Å². The molecule has 0 radical (unpaired) electrons. The molecule has 0 saturated heterocycles.